The van der Waals surface area contributed by atoms with Crippen LogP contribution in [0.3, 0.4) is 0 Å². The average Bonchev–Trinajstić information content (AvgIpc) is 1.24. The summed E-state index contributed by atoms with van der Waals surface area (Å²) in [5.41, 5.74) is 13.4. The van der Waals surface area contributed by atoms with E-state index in [0.29, 0.717) is 19.3 Å². The largest absolute Gasteiger partial charge is 0.462 e. The van der Waals surface area contributed by atoms with Crippen molar-refractivity contribution >= 4 is 47.4 Å². The van der Waals surface area contributed by atoms with Gasteiger partial charge in [0.25, 0.3) is 0 Å². The molecule has 37 heteroatoms. The quantitative estimate of drug-likeness (QED) is 0.0616. The number of nitrogens with zero attached hydrogens (tertiary/aromatic N) is 2. The summed E-state index contributed by atoms with van der Waals surface area (Å²) < 4.78 is 42.3. The van der Waals surface area contributed by atoms with Gasteiger partial charge in [-0.15, -0.1) is 0 Å². The molecule has 1 aliphatic carbocycles. The van der Waals surface area contributed by atoms with Gasteiger partial charge in [0.15, 0.2) is 18.5 Å². The lowest BCUT2D eigenvalue weighted by atomic mass is 9.84. The number of benzene rings is 2. The Bertz CT molecular complexity index is 3140. The number of aliphatic hydroxyl groups is 12. The number of carbonyl (C=O) groups excluding carboxylic acids is 6. The van der Waals surface area contributed by atoms with Crippen molar-refractivity contribution in [3.63, 3.8) is 0 Å². The van der Waals surface area contributed by atoms with Crippen molar-refractivity contribution in [2.24, 2.45) is 22.4 Å². The fraction of sp³-hybridized carbons (Fsp3) is 0.672. The molecule has 5 saturated heterocycles. The van der Waals surface area contributed by atoms with Crippen LogP contribution < -0.4 is 58.7 Å². The fourth-order valence-corrected chi connectivity index (χ4v) is 13.4. The topological polar surface area (TPSA) is 573 Å². The predicted octanol–water partition coefficient (Wildman–Crippen LogP) is -11.5. The Kier molecular flexibility index (Phi) is 24.7. The van der Waals surface area contributed by atoms with Crippen LogP contribution in [0.5, 0.6) is 5.75 Å². The molecular weight excluding hydrogens is 1300 g/mol. The Labute approximate surface area is 560 Å². The van der Waals surface area contributed by atoms with Crippen LogP contribution >= 0.6 is 0 Å². The Balaban J connectivity index is 0.893. The normalized spacial score (nSPS) is 38.0. The number of fused-ring (bicyclic) bond motifs is 1. The molecule has 98 heavy (non-hydrogen) atoms. The van der Waals surface area contributed by atoms with Crippen molar-refractivity contribution in [1.29, 1.82) is 0 Å². The molecule has 6 fully saturated rings. The highest BCUT2D eigenvalue weighted by molar-refractivity contribution is 5.98. The van der Waals surface area contributed by atoms with E-state index in [1.165, 1.54) is 24.3 Å². The van der Waals surface area contributed by atoms with Crippen molar-refractivity contribution in [1.82, 2.24) is 42.5 Å². The molecule has 0 aromatic heterocycles. The molecule has 7 aliphatic heterocycles. The van der Waals surface area contributed by atoms with Gasteiger partial charge in [0, 0.05) is 19.4 Å². The minimum atomic E-state index is -2.31. The monoisotopic (exact) mass is 1390 g/mol. The van der Waals surface area contributed by atoms with Crippen LogP contribution in [0.2, 0.25) is 0 Å². The first kappa shape index (κ1) is 73.6. The molecule has 6 amide bonds. The number of carbonyl (C=O) groups is 6. The fourth-order valence-electron chi connectivity index (χ4n) is 13.4. The number of nitrogens with two attached hydrogens (primary N) is 2. The number of nitrogens with one attached hydrogen (secondary N) is 8. The third-order valence-electron chi connectivity index (χ3n) is 18.9. The standard InChI is InChI=1S/C61H88N12O25/c62-60-65-18-31(70-60)41(78)39-56(91)72-40(42(79)33-19-66-61(63)73(33)57-47(84)44(81)43(80)34(22-75)94-57)55(90)69-32(21-74)52(87)64-20-37(77)67-29(15-25-7-3-1-4-8-25)53(88)68-30(54(89)71-39)16-27-11-13-28(14-12-27)93-58-48(85)45(82)50(35(23-76)95-58)98-59-49(86)46(83)51-36(96-59)24-92-38(97-51)17-26-9-5-2-6-10-26/h2,5-6,9-14,25,29-36,38-51,57-59,74-76,78-86H,1,3-4,7-8,15-24H2,(H11,62,63,64,65,66,67,68,69,70,71,72,77,87,88,89,90,91)/p+1/t29-,30-,31+,32?,33+,34+,35-,36-,38?,39+,40-,41-,42-,43+,44+,45+,46+,47+,48-,49-,50+,51+,57-,58-,59+/m1/s1. The molecule has 0 radical (unpaired) electrons. The number of aliphatic hydroxyl groups excluding tert-OH is 12. The third-order valence-corrected chi connectivity index (χ3v) is 18.9. The smallest absolute Gasteiger partial charge is 0.346 e. The summed E-state index contributed by atoms with van der Waals surface area (Å²) in [7, 11) is 0. The number of rotatable bonds is 18. The zero-order chi connectivity index (χ0) is 70.2. The van der Waals surface area contributed by atoms with Gasteiger partial charge in [0.05, 0.1) is 39.0 Å². The maximum Gasteiger partial charge on any atom is 0.346 e. The van der Waals surface area contributed by atoms with Crippen LogP contribution in [0.25, 0.3) is 0 Å². The highest BCUT2D eigenvalue weighted by Gasteiger charge is 2.56. The number of aliphatic imine (C=N–C) groups is 1. The van der Waals surface area contributed by atoms with Gasteiger partial charge >= 0.3 is 5.96 Å². The molecule has 10 rings (SSSR count). The van der Waals surface area contributed by atoms with E-state index >= 15 is 9.59 Å². The summed E-state index contributed by atoms with van der Waals surface area (Å²) in [5.74, 6) is -7.61. The van der Waals surface area contributed by atoms with Gasteiger partial charge in [0.2, 0.25) is 48.0 Å². The Hall–Kier alpha value is -7.12. The van der Waals surface area contributed by atoms with E-state index in [9.17, 15) is 80.5 Å². The number of hydrogen-bond acceptors (Lipinski definition) is 30. The molecule has 24 N–H and O–H groups in total. The summed E-state index contributed by atoms with van der Waals surface area (Å²) in [6.07, 6.45) is -25.7. The Morgan fingerprint density at radius 3 is 1.92 bits per heavy atom. The van der Waals surface area contributed by atoms with Gasteiger partial charge in [-0.3, -0.25) is 39.8 Å². The molecule has 25 atom stereocenters. The van der Waals surface area contributed by atoms with Gasteiger partial charge in [0.1, 0.15) is 134 Å². The molecule has 0 spiro atoms. The van der Waals surface area contributed by atoms with E-state index in [1.54, 1.807) is 0 Å². The average molecular weight is 1390 g/mol. The lowest BCUT2D eigenvalue weighted by Crippen LogP contribution is -2.68. The molecule has 8 aliphatic rings. The SMILES string of the molecule is NC1=N[C@H]([C@@H](O)[C@@H]2NC(=O)[C@@H](Cc3ccc(O[C@@H]4O[C@H](CO)[C@H](O[C@@H]5O[C@@H]6COC(Cc7ccccc7)O[C@@H]6[C@@H](O)[C@H]5O)[C@@H](O)[C@H]4O)cc3)NC(=O)[C@@H](CC3CCCCC3)NC(=O)CNC(=O)C(CO)NC(=O)[C@@H]([C@H](O)[C@@H]3CNC(N)=[N+]3[C@@H]3O[C@@H](CO)[C@H](O)[C@H](O)[C@@H]3O)NC2=O)CN1. The van der Waals surface area contributed by atoms with E-state index in [1.807, 2.05) is 30.3 Å². The second-order valence-corrected chi connectivity index (χ2v) is 25.6. The van der Waals surface area contributed by atoms with Crippen LogP contribution in [-0.2, 0) is 70.0 Å². The lowest BCUT2D eigenvalue weighted by Gasteiger charge is -2.48. The second-order valence-electron chi connectivity index (χ2n) is 25.6. The molecule has 542 valence electrons. The molecule has 7 heterocycles. The van der Waals surface area contributed by atoms with E-state index in [2.05, 4.69) is 47.5 Å². The van der Waals surface area contributed by atoms with Gasteiger partial charge in [-0.1, -0.05) is 74.6 Å². The predicted molar refractivity (Wildman–Crippen MR) is 330 cm³/mol. The first-order chi connectivity index (χ1) is 46.9. The van der Waals surface area contributed by atoms with Crippen LogP contribution in [0.15, 0.2) is 59.6 Å². The van der Waals surface area contributed by atoms with Crippen LogP contribution in [0, 0.1) is 5.92 Å². The zero-order valence-corrected chi connectivity index (χ0v) is 53.0. The van der Waals surface area contributed by atoms with Crippen molar-refractivity contribution in [3.8, 4) is 5.75 Å². The summed E-state index contributed by atoms with van der Waals surface area (Å²) in [6.45, 7) is -4.37. The van der Waals surface area contributed by atoms with E-state index in [-0.39, 0.29) is 48.7 Å². The van der Waals surface area contributed by atoms with Crippen molar-refractivity contribution in [3.05, 3.63) is 65.7 Å². The molecular formula is C61H89N12O25+. The maximum absolute atomic E-state index is 15.1. The number of guanidine groups is 2. The molecule has 0 bridgehead atoms. The summed E-state index contributed by atoms with van der Waals surface area (Å²) in [6, 6.07) is 2.49. The molecule has 37 nitrogen and oxygen atoms in total. The van der Waals surface area contributed by atoms with Gasteiger partial charge < -0.3 is 137 Å². The summed E-state index contributed by atoms with van der Waals surface area (Å²) in [5, 5.41) is 153. The first-order valence-electron chi connectivity index (χ1n) is 32.6. The van der Waals surface area contributed by atoms with Crippen molar-refractivity contribution in [2.45, 2.75) is 204 Å². The minimum absolute atomic E-state index is 0.0223. The van der Waals surface area contributed by atoms with Gasteiger partial charge in [-0.2, -0.15) is 0 Å². The van der Waals surface area contributed by atoms with E-state index < -0.39 is 228 Å². The van der Waals surface area contributed by atoms with Crippen molar-refractivity contribution in [2.75, 3.05) is 46.1 Å². The Morgan fingerprint density at radius 1 is 0.582 bits per heavy atom. The molecule has 2 unspecified atom stereocenters. The first-order valence-corrected chi connectivity index (χ1v) is 32.6. The van der Waals surface area contributed by atoms with E-state index in [4.69, 9.17) is 44.6 Å². The van der Waals surface area contributed by atoms with E-state index in [0.717, 1.165) is 29.4 Å². The molecule has 2 aromatic rings. The highest BCUT2D eigenvalue weighted by atomic mass is 16.8. The van der Waals surface area contributed by atoms with Crippen LogP contribution in [-0.4, -0.2) is 312 Å². The minimum Gasteiger partial charge on any atom is -0.462 e. The van der Waals surface area contributed by atoms with Crippen molar-refractivity contribution < 1.29 is 128 Å². The molecule has 2 aromatic carbocycles. The second kappa shape index (κ2) is 32.9. The van der Waals surface area contributed by atoms with Gasteiger partial charge in [-0.25, -0.2) is 9.57 Å². The number of amides is 6. The van der Waals surface area contributed by atoms with Gasteiger partial charge in [-0.05, 0) is 35.6 Å². The van der Waals surface area contributed by atoms with Crippen LogP contribution in [0.1, 0.15) is 49.7 Å². The summed E-state index contributed by atoms with van der Waals surface area (Å²) >= 11 is 0. The highest BCUT2D eigenvalue weighted by Crippen LogP contribution is 2.35. The maximum atomic E-state index is 15.1. The number of ether oxygens (including phenoxy) is 7. The number of hydrogen-bond donors (Lipinski definition) is 22. The molecule has 1 saturated carbocycles. The third kappa shape index (κ3) is 17.0. The summed E-state index contributed by atoms with van der Waals surface area (Å²) in [4.78, 5) is 91.3. The zero-order valence-electron chi connectivity index (χ0n) is 53.0. The Morgan fingerprint density at radius 2 is 1.23 bits per heavy atom. The van der Waals surface area contributed by atoms with Crippen LogP contribution in [0.4, 0.5) is 0 Å². The lowest BCUT2D eigenvalue weighted by molar-refractivity contribution is -0.663.